The first-order valence-corrected chi connectivity index (χ1v) is 6.90. The molecule has 1 fully saturated rings. The fraction of sp³-hybridized carbons (Fsp3) is 0.400. The Bertz CT molecular complexity index is 566. The Kier molecular flexibility index (Phi) is 4.26. The molecule has 6 heteroatoms. The zero-order chi connectivity index (χ0) is 15.6. The minimum Gasteiger partial charge on any atom is -0.326 e. The number of hydrogen-bond acceptors (Lipinski definition) is 3. The maximum absolute atomic E-state index is 11.9. The molecular weight excluding hydrogens is 270 g/mol. The van der Waals surface area contributed by atoms with Gasteiger partial charge in [0.1, 0.15) is 12.6 Å². The summed E-state index contributed by atoms with van der Waals surface area (Å²) in [6.45, 7) is 5.49. The van der Waals surface area contributed by atoms with E-state index < -0.39 is 18.0 Å². The van der Waals surface area contributed by atoms with E-state index in [0.29, 0.717) is 11.6 Å². The molecule has 1 aliphatic heterocycles. The molecule has 1 aliphatic rings. The van der Waals surface area contributed by atoms with Gasteiger partial charge in [0.05, 0.1) is 0 Å². The van der Waals surface area contributed by atoms with Crippen molar-refractivity contribution in [3.63, 3.8) is 0 Å². The topological polar surface area (TPSA) is 78.5 Å². The van der Waals surface area contributed by atoms with Gasteiger partial charge in [-0.2, -0.15) is 0 Å². The van der Waals surface area contributed by atoms with E-state index in [1.807, 2.05) is 24.3 Å². The summed E-state index contributed by atoms with van der Waals surface area (Å²) in [6, 6.07) is 6.39. The highest BCUT2D eigenvalue weighted by Crippen LogP contribution is 2.17. The number of hydrogen-bond donors (Lipinski definition) is 2. The highest BCUT2D eigenvalue weighted by atomic mass is 16.2. The van der Waals surface area contributed by atoms with Gasteiger partial charge in [-0.1, -0.05) is 26.0 Å². The average Bonchev–Trinajstić information content (AvgIpc) is 2.66. The average molecular weight is 289 g/mol. The van der Waals surface area contributed by atoms with Crippen molar-refractivity contribution in [1.82, 2.24) is 10.2 Å². The molecule has 2 N–H and O–H groups in total. The Balaban J connectivity index is 1.96. The third-order valence-corrected chi connectivity index (χ3v) is 3.38. The van der Waals surface area contributed by atoms with Gasteiger partial charge in [0.15, 0.2) is 0 Å². The summed E-state index contributed by atoms with van der Waals surface area (Å²) in [5.74, 6) is -0.364. The molecule has 1 aromatic carbocycles. The molecule has 0 saturated carbocycles. The van der Waals surface area contributed by atoms with E-state index in [1.165, 1.54) is 5.56 Å². The molecule has 0 bridgehead atoms. The quantitative estimate of drug-likeness (QED) is 0.828. The molecule has 2 rings (SSSR count). The number of benzene rings is 1. The maximum atomic E-state index is 11.9. The van der Waals surface area contributed by atoms with Crippen molar-refractivity contribution in [2.24, 2.45) is 0 Å². The van der Waals surface area contributed by atoms with E-state index in [9.17, 15) is 14.4 Å². The third kappa shape index (κ3) is 3.39. The SMILES string of the molecule is CC(C)c1ccc(NC(=O)CN2C(=O)N[C@@H](C)C2=O)cc1. The van der Waals surface area contributed by atoms with Crippen molar-refractivity contribution in [1.29, 1.82) is 0 Å². The van der Waals surface area contributed by atoms with Crippen LogP contribution in [0.4, 0.5) is 10.5 Å². The fourth-order valence-corrected chi connectivity index (χ4v) is 2.10. The Morgan fingerprint density at radius 2 is 1.90 bits per heavy atom. The van der Waals surface area contributed by atoms with Gasteiger partial charge in [-0.05, 0) is 30.5 Å². The molecule has 1 saturated heterocycles. The van der Waals surface area contributed by atoms with E-state index in [2.05, 4.69) is 24.5 Å². The van der Waals surface area contributed by atoms with Crippen LogP contribution < -0.4 is 10.6 Å². The number of urea groups is 1. The van der Waals surface area contributed by atoms with E-state index in [0.717, 1.165) is 4.90 Å². The number of anilines is 1. The first-order valence-electron chi connectivity index (χ1n) is 6.90. The Labute approximate surface area is 123 Å². The van der Waals surface area contributed by atoms with Crippen LogP contribution in [0.5, 0.6) is 0 Å². The fourth-order valence-electron chi connectivity index (χ4n) is 2.10. The van der Waals surface area contributed by atoms with Crippen molar-refractivity contribution < 1.29 is 14.4 Å². The molecule has 4 amide bonds. The highest BCUT2D eigenvalue weighted by molar-refractivity contribution is 6.07. The number of carbonyl (C=O) groups excluding carboxylic acids is 3. The van der Waals surface area contributed by atoms with Crippen LogP contribution in [-0.4, -0.2) is 35.3 Å². The molecule has 0 aliphatic carbocycles. The van der Waals surface area contributed by atoms with Crippen LogP contribution >= 0.6 is 0 Å². The van der Waals surface area contributed by atoms with Crippen LogP contribution in [-0.2, 0) is 9.59 Å². The highest BCUT2D eigenvalue weighted by Gasteiger charge is 2.36. The predicted octanol–water partition coefficient (Wildman–Crippen LogP) is 1.69. The summed E-state index contributed by atoms with van der Waals surface area (Å²) < 4.78 is 0. The van der Waals surface area contributed by atoms with Crippen LogP contribution in [0, 0.1) is 0 Å². The van der Waals surface area contributed by atoms with Crippen LogP contribution in [0.2, 0.25) is 0 Å². The van der Waals surface area contributed by atoms with E-state index in [1.54, 1.807) is 6.92 Å². The molecule has 0 radical (unpaired) electrons. The minimum absolute atomic E-state index is 0.277. The normalized spacial score (nSPS) is 18.1. The van der Waals surface area contributed by atoms with Gasteiger partial charge in [0.25, 0.3) is 5.91 Å². The molecule has 1 atom stereocenters. The molecular formula is C15H19N3O3. The van der Waals surface area contributed by atoms with Crippen molar-refractivity contribution in [3.05, 3.63) is 29.8 Å². The molecule has 1 heterocycles. The van der Waals surface area contributed by atoms with E-state index in [-0.39, 0.29) is 12.5 Å². The lowest BCUT2D eigenvalue weighted by molar-refractivity contribution is -0.130. The minimum atomic E-state index is -0.573. The third-order valence-electron chi connectivity index (χ3n) is 3.38. The number of imide groups is 1. The maximum Gasteiger partial charge on any atom is 0.325 e. The molecule has 21 heavy (non-hydrogen) atoms. The van der Waals surface area contributed by atoms with Crippen molar-refractivity contribution in [2.45, 2.75) is 32.7 Å². The molecule has 0 unspecified atom stereocenters. The lowest BCUT2D eigenvalue weighted by atomic mass is 10.0. The number of carbonyl (C=O) groups is 3. The Morgan fingerprint density at radius 1 is 1.29 bits per heavy atom. The standard InChI is InChI=1S/C15H19N3O3/c1-9(2)11-4-6-12(7-5-11)17-13(19)8-18-14(20)10(3)16-15(18)21/h4-7,9-10H,8H2,1-3H3,(H,16,21)(H,17,19)/t10-/m0/s1. The van der Waals surface area contributed by atoms with Crippen LogP contribution in [0.15, 0.2) is 24.3 Å². The number of rotatable bonds is 4. The van der Waals surface area contributed by atoms with Gasteiger partial charge < -0.3 is 10.6 Å². The number of amides is 4. The molecule has 0 spiro atoms. The van der Waals surface area contributed by atoms with Crippen LogP contribution in [0.1, 0.15) is 32.3 Å². The molecule has 0 aromatic heterocycles. The van der Waals surface area contributed by atoms with Gasteiger partial charge in [-0.3, -0.25) is 14.5 Å². The summed E-state index contributed by atoms with van der Waals surface area (Å²) >= 11 is 0. The first-order chi connectivity index (χ1) is 9.88. The lowest BCUT2D eigenvalue weighted by Gasteiger charge is -2.13. The van der Waals surface area contributed by atoms with Gasteiger partial charge in [-0.15, -0.1) is 0 Å². The zero-order valence-corrected chi connectivity index (χ0v) is 12.3. The van der Waals surface area contributed by atoms with Crippen molar-refractivity contribution in [3.8, 4) is 0 Å². The summed E-state index contributed by atoms with van der Waals surface area (Å²) in [7, 11) is 0. The Morgan fingerprint density at radius 3 is 2.38 bits per heavy atom. The van der Waals surface area contributed by atoms with Crippen molar-refractivity contribution >= 4 is 23.5 Å². The van der Waals surface area contributed by atoms with E-state index >= 15 is 0 Å². The van der Waals surface area contributed by atoms with Gasteiger partial charge in [0.2, 0.25) is 5.91 Å². The van der Waals surface area contributed by atoms with Crippen LogP contribution in [0.25, 0.3) is 0 Å². The van der Waals surface area contributed by atoms with Crippen LogP contribution in [0.3, 0.4) is 0 Å². The van der Waals surface area contributed by atoms with E-state index in [4.69, 9.17) is 0 Å². The lowest BCUT2D eigenvalue weighted by Crippen LogP contribution is -2.38. The molecule has 1 aromatic rings. The Hall–Kier alpha value is -2.37. The molecule has 6 nitrogen and oxygen atoms in total. The number of nitrogens with one attached hydrogen (secondary N) is 2. The second kappa shape index (κ2) is 5.95. The monoisotopic (exact) mass is 289 g/mol. The van der Waals surface area contributed by atoms with Gasteiger partial charge in [0, 0.05) is 5.69 Å². The first kappa shape index (κ1) is 15.0. The summed E-state index contributed by atoms with van der Waals surface area (Å²) in [5, 5.41) is 5.14. The van der Waals surface area contributed by atoms with Gasteiger partial charge >= 0.3 is 6.03 Å². The summed E-state index contributed by atoms with van der Waals surface area (Å²) in [5.41, 5.74) is 1.82. The second-order valence-corrected chi connectivity index (χ2v) is 5.42. The smallest absolute Gasteiger partial charge is 0.325 e. The zero-order valence-electron chi connectivity index (χ0n) is 12.3. The molecule has 112 valence electrons. The second-order valence-electron chi connectivity index (χ2n) is 5.42. The number of nitrogens with zero attached hydrogens (tertiary/aromatic N) is 1. The summed E-state index contributed by atoms with van der Waals surface area (Å²) in [6.07, 6.45) is 0. The summed E-state index contributed by atoms with van der Waals surface area (Å²) in [4.78, 5) is 36.0. The van der Waals surface area contributed by atoms with Crippen molar-refractivity contribution in [2.75, 3.05) is 11.9 Å². The predicted molar refractivity (Wildman–Crippen MR) is 78.9 cm³/mol. The van der Waals surface area contributed by atoms with Gasteiger partial charge in [-0.25, -0.2) is 4.79 Å². The largest absolute Gasteiger partial charge is 0.326 e.